The molecule has 1 unspecified atom stereocenters. The average Bonchev–Trinajstić information content (AvgIpc) is 2.12. The molecule has 0 aliphatic carbocycles. The van der Waals surface area contributed by atoms with E-state index in [1.165, 1.54) is 5.56 Å². The van der Waals surface area contributed by atoms with Gasteiger partial charge >= 0.3 is 5.97 Å². The molecular weight excluding hydrogens is 222 g/mol. The summed E-state index contributed by atoms with van der Waals surface area (Å²) < 4.78 is 0. The van der Waals surface area contributed by atoms with Gasteiger partial charge in [-0.2, -0.15) is 0 Å². The Labute approximate surface area is 100 Å². The van der Waals surface area contributed by atoms with Crippen LogP contribution in [0.15, 0.2) is 17.2 Å². The standard InChI is InChI=1S/C12H17NO2S/c1-8-6-9(2)13-11(7-8)16-10(3)4-5-12(14)15/h6-7,10H,4-5H2,1-3H3,(H,14,15). The van der Waals surface area contributed by atoms with E-state index in [2.05, 4.69) is 4.98 Å². The molecule has 88 valence electrons. The molecule has 0 amide bonds. The molecule has 0 saturated carbocycles. The van der Waals surface area contributed by atoms with Crippen LogP contribution in [0.4, 0.5) is 0 Å². The first-order valence-electron chi connectivity index (χ1n) is 5.31. The zero-order valence-electron chi connectivity index (χ0n) is 9.86. The summed E-state index contributed by atoms with van der Waals surface area (Å²) in [7, 11) is 0. The van der Waals surface area contributed by atoms with Gasteiger partial charge in [-0.1, -0.05) is 6.92 Å². The first-order valence-corrected chi connectivity index (χ1v) is 6.19. The summed E-state index contributed by atoms with van der Waals surface area (Å²) in [6.45, 7) is 6.05. The van der Waals surface area contributed by atoms with Gasteiger partial charge in [0.2, 0.25) is 0 Å². The Bertz CT molecular complexity index is 359. The third kappa shape index (κ3) is 4.66. The van der Waals surface area contributed by atoms with Gasteiger partial charge in [0, 0.05) is 17.4 Å². The van der Waals surface area contributed by atoms with Crippen molar-refractivity contribution < 1.29 is 9.90 Å². The Morgan fingerprint density at radius 3 is 2.75 bits per heavy atom. The van der Waals surface area contributed by atoms with Crippen LogP contribution < -0.4 is 0 Å². The van der Waals surface area contributed by atoms with Gasteiger partial charge in [-0.25, -0.2) is 4.98 Å². The van der Waals surface area contributed by atoms with Crippen molar-refractivity contribution in [1.82, 2.24) is 4.98 Å². The molecule has 0 fully saturated rings. The number of carbonyl (C=O) groups is 1. The number of hydrogen-bond donors (Lipinski definition) is 1. The third-order valence-corrected chi connectivity index (χ3v) is 3.25. The fraction of sp³-hybridized carbons (Fsp3) is 0.500. The van der Waals surface area contributed by atoms with Crippen LogP contribution in [0.25, 0.3) is 0 Å². The predicted molar refractivity (Wildman–Crippen MR) is 65.9 cm³/mol. The summed E-state index contributed by atoms with van der Waals surface area (Å²) in [6.07, 6.45) is 0.896. The molecule has 0 saturated heterocycles. The second-order valence-corrected chi connectivity index (χ2v) is 5.44. The zero-order valence-corrected chi connectivity index (χ0v) is 10.7. The normalized spacial score (nSPS) is 12.4. The van der Waals surface area contributed by atoms with Crippen LogP contribution in [0.5, 0.6) is 0 Å². The molecular formula is C12H17NO2S. The summed E-state index contributed by atoms with van der Waals surface area (Å²) in [5.74, 6) is -0.735. The Morgan fingerprint density at radius 1 is 1.50 bits per heavy atom. The van der Waals surface area contributed by atoms with Crippen LogP contribution in [0.3, 0.4) is 0 Å². The maximum atomic E-state index is 10.4. The maximum absolute atomic E-state index is 10.4. The molecule has 4 heteroatoms. The van der Waals surface area contributed by atoms with Crippen molar-refractivity contribution in [1.29, 1.82) is 0 Å². The first-order chi connectivity index (χ1) is 7.47. The Balaban J connectivity index is 2.55. The molecule has 1 N–H and O–H groups in total. The molecule has 1 heterocycles. The molecule has 3 nitrogen and oxygen atoms in total. The highest BCUT2D eigenvalue weighted by Crippen LogP contribution is 2.25. The van der Waals surface area contributed by atoms with E-state index in [9.17, 15) is 4.79 Å². The van der Waals surface area contributed by atoms with Gasteiger partial charge in [0.1, 0.15) is 0 Å². The largest absolute Gasteiger partial charge is 0.481 e. The summed E-state index contributed by atoms with van der Waals surface area (Å²) in [5.41, 5.74) is 2.20. The summed E-state index contributed by atoms with van der Waals surface area (Å²) >= 11 is 1.64. The van der Waals surface area contributed by atoms with Crippen molar-refractivity contribution in [3.8, 4) is 0 Å². The number of carboxylic acids is 1. The second kappa shape index (κ2) is 5.89. The lowest BCUT2D eigenvalue weighted by atomic mass is 10.2. The predicted octanol–water partition coefficient (Wildman–Crippen LogP) is 3.04. The topological polar surface area (TPSA) is 50.2 Å². The fourth-order valence-corrected chi connectivity index (χ4v) is 2.56. The quantitative estimate of drug-likeness (QED) is 0.802. The lowest BCUT2D eigenvalue weighted by molar-refractivity contribution is -0.137. The number of aliphatic carboxylic acids is 1. The van der Waals surface area contributed by atoms with E-state index in [1.807, 2.05) is 32.9 Å². The van der Waals surface area contributed by atoms with Crippen molar-refractivity contribution in [2.24, 2.45) is 0 Å². The Morgan fingerprint density at radius 2 is 2.19 bits per heavy atom. The molecule has 16 heavy (non-hydrogen) atoms. The first kappa shape index (κ1) is 13.0. The molecule has 1 atom stereocenters. The average molecular weight is 239 g/mol. The van der Waals surface area contributed by atoms with Crippen molar-refractivity contribution in [3.63, 3.8) is 0 Å². The number of thioether (sulfide) groups is 1. The molecule has 1 rings (SSSR count). The molecule has 0 aromatic carbocycles. The number of pyridine rings is 1. The molecule has 0 bridgehead atoms. The van der Waals surface area contributed by atoms with Crippen molar-refractivity contribution in [3.05, 3.63) is 23.4 Å². The monoisotopic (exact) mass is 239 g/mol. The highest BCUT2D eigenvalue weighted by molar-refractivity contribution is 7.99. The van der Waals surface area contributed by atoms with Crippen molar-refractivity contribution in [2.45, 2.75) is 43.9 Å². The lowest BCUT2D eigenvalue weighted by Gasteiger charge is -2.10. The van der Waals surface area contributed by atoms with Gasteiger partial charge in [-0.15, -0.1) is 11.8 Å². The number of rotatable bonds is 5. The van der Waals surface area contributed by atoms with E-state index in [0.29, 0.717) is 6.42 Å². The van der Waals surface area contributed by atoms with Crippen LogP contribution in [-0.2, 0) is 4.79 Å². The van der Waals surface area contributed by atoms with Crippen LogP contribution in [0.2, 0.25) is 0 Å². The van der Waals surface area contributed by atoms with E-state index in [1.54, 1.807) is 11.8 Å². The van der Waals surface area contributed by atoms with Gasteiger partial charge in [0.05, 0.1) is 5.03 Å². The number of nitrogens with zero attached hydrogens (tertiary/aromatic N) is 1. The summed E-state index contributed by atoms with van der Waals surface area (Å²) in [6, 6.07) is 4.07. The number of aromatic nitrogens is 1. The van der Waals surface area contributed by atoms with E-state index in [-0.39, 0.29) is 11.7 Å². The van der Waals surface area contributed by atoms with Gasteiger partial charge in [0.15, 0.2) is 0 Å². The molecule has 0 aliphatic rings. The van der Waals surface area contributed by atoms with E-state index in [4.69, 9.17) is 5.11 Å². The van der Waals surface area contributed by atoms with Crippen LogP contribution in [-0.4, -0.2) is 21.3 Å². The molecule has 0 aliphatic heterocycles. The van der Waals surface area contributed by atoms with E-state index >= 15 is 0 Å². The van der Waals surface area contributed by atoms with Crippen LogP contribution >= 0.6 is 11.8 Å². The molecule has 1 aromatic rings. The second-order valence-electron chi connectivity index (χ2n) is 3.98. The van der Waals surface area contributed by atoms with E-state index in [0.717, 1.165) is 10.7 Å². The minimum atomic E-state index is -0.735. The lowest BCUT2D eigenvalue weighted by Crippen LogP contribution is -2.02. The molecule has 0 radical (unpaired) electrons. The SMILES string of the molecule is Cc1cc(C)nc(SC(C)CCC(=O)O)c1. The van der Waals surface area contributed by atoms with E-state index < -0.39 is 5.97 Å². The zero-order chi connectivity index (χ0) is 12.1. The highest BCUT2D eigenvalue weighted by atomic mass is 32.2. The number of carboxylic acid groups (broad SMARTS) is 1. The summed E-state index contributed by atoms with van der Waals surface area (Å²) in [5, 5.41) is 9.86. The minimum absolute atomic E-state index is 0.221. The van der Waals surface area contributed by atoms with Gasteiger partial charge in [0.25, 0.3) is 0 Å². The number of aryl methyl sites for hydroxylation is 2. The Hall–Kier alpha value is -1.03. The van der Waals surface area contributed by atoms with Crippen molar-refractivity contribution >= 4 is 17.7 Å². The minimum Gasteiger partial charge on any atom is -0.481 e. The fourth-order valence-electron chi connectivity index (χ4n) is 1.46. The Kier molecular flexibility index (Phi) is 4.80. The van der Waals surface area contributed by atoms with Gasteiger partial charge in [-0.05, 0) is 38.0 Å². The van der Waals surface area contributed by atoms with Gasteiger partial charge in [-0.3, -0.25) is 4.79 Å². The third-order valence-electron chi connectivity index (χ3n) is 2.16. The molecule has 1 aromatic heterocycles. The smallest absolute Gasteiger partial charge is 0.303 e. The maximum Gasteiger partial charge on any atom is 0.303 e. The highest BCUT2D eigenvalue weighted by Gasteiger charge is 2.08. The van der Waals surface area contributed by atoms with Gasteiger partial charge < -0.3 is 5.11 Å². The number of hydrogen-bond acceptors (Lipinski definition) is 3. The van der Waals surface area contributed by atoms with Crippen molar-refractivity contribution in [2.75, 3.05) is 0 Å². The van der Waals surface area contributed by atoms with Crippen LogP contribution in [0, 0.1) is 13.8 Å². The molecule has 0 spiro atoms. The van der Waals surface area contributed by atoms with Crippen LogP contribution in [0.1, 0.15) is 31.0 Å². The summed E-state index contributed by atoms with van der Waals surface area (Å²) in [4.78, 5) is 14.9.